The van der Waals surface area contributed by atoms with E-state index in [2.05, 4.69) is 33.1 Å². The Bertz CT molecular complexity index is 789. The van der Waals surface area contributed by atoms with Gasteiger partial charge in [0.2, 0.25) is 5.91 Å². The number of pyridine rings is 1. The lowest BCUT2D eigenvalue weighted by atomic mass is 9.81. The molecule has 2 aromatic heterocycles. The van der Waals surface area contributed by atoms with E-state index in [1.54, 1.807) is 0 Å². The van der Waals surface area contributed by atoms with Gasteiger partial charge in [-0.3, -0.25) is 25.3 Å². The molecule has 144 valence electrons. The van der Waals surface area contributed by atoms with Crippen LogP contribution in [0.3, 0.4) is 0 Å². The number of hydrogen-bond acceptors (Lipinski definition) is 5. The van der Waals surface area contributed by atoms with Gasteiger partial charge in [0.25, 0.3) is 0 Å². The third kappa shape index (κ3) is 3.89. The highest BCUT2D eigenvalue weighted by Gasteiger charge is 2.37. The topological polar surface area (TPSA) is 75.1 Å². The second-order valence-electron chi connectivity index (χ2n) is 7.76. The number of rotatable bonds is 4. The molecule has 3 unspecified atom stereocenters. The average Bonchev–Trinajstić information content (AvgIpc) is 3.29. The standard InChI is InChI=1S/C20H28N6O/c1-14-10-15(2)26(24-14)13-19(27)25-9-3-4-17(12-25)20-18(11-22-23-20)16-5-7-21-8-6-16/h5-8,10,17-18,20,22-23H,3-4,9,11-13H2,1-2H3. The summed E-state index contributed by atoms with van der Waals surface area (Å²) < 4.78 is 1.82. The first-order valence-corrected chi connectivity index (χ1v) is 9.79. The van der Waals surface area contributed by atoms with Crippen molar-refractivity contribution in [3.8, 4) is 0 Å². The lowest BCUT2D eigenvalue weighted by Crippen LogP contribution is -2.49. The summed E-state index contributed by atoms with van der Waals surface area (Å²) in [5.74, 6) is 1.01. The molecule has 2 aromatic rings. The number of piperidine rings is 1. The highest BCUT2D eigenvalue weighted by Crippen LogP contribution is 2.31. The number of carbonyl (C=O) groups is 1. The van der Waals surface area contributed by atoms with Crippen molar-refractivity contribution in [1.82, 2.24) is 30.5 Å². The Labute approximate surface area is 160 Å². The Morgan fingerprint density at radius 1 is 1.30 bits per heavy atom. The van der Waals surface area contributed by atoms with E-state index in [9.17, 15) is 4.79 Å². The number of amides is 1. The maximum absolute atomic E-state index is 12.9. The second-order valence-corrected chi connectivity index (χ2v) is 7.76. The van der Waals surface area contributed by atoms with Crippen molar-refractivity contribution in [3.63, 3.8) is 0 Å². The fraction of sp³-hybridized carbons (Fsp3) is 0.550. The number of aromatic nitrogens is 3. The summed E-state index contributed by atoms with van der Waals surface area (Å²) in [5, 5.41) is 4.43. The largest absolute Gasteiger partial charge is 0.341 e. The molecular formula is C20H28N6O. The molecular weight excluding hydrogens is 340 g/mol. The zero-order chi connectivity index (χ0) is 18.8. The summed E-state index contributed by atoms with van der Waals surface area (Å²) in [7, 11) is 0. The molecule has 0 saturated carbocycles. The first-order chi connectivity index (χ1) is 13.1. The van der Waals surface area contributed by atoms with E-state index in [1.807, 2.05) is 41.9 Å². The number of nitrogens with one attached hydrogen (secondary N) is 2. The van der Waals surface area contributed by atoms with Gasteiger partial charge < -0.3 is 4.90 Å². The third-order valence-corrected chi connectivity index (χ3v) is 5.87. The molecule has 3 atom stereocenters. The minimum Gasteiger partial charge on any atom is -0.341 e. The maximum atomic E-state index is 12.9. The fourth-order valence-corrected chi connectivity index (χ4v) is 4.49. The summed E-state index contributed by atoms with van der Waals surface area (Å²) in [6.45, 7) is 6.85. The molecule has 2 saturated heterocycles. The van der Waals surface area contributed by atoms with Crippen molar-refractivity contribution >= 4 is 5.91 Å². The molecule has 1 amide bonds. The SMILES string of the molecule is Cc1cc(C)n(CC(=O)N2CCCC(C3NNCC3c3ccncc3)C2)n1. The lowest BCUT2D eigenvalue weighted by molar-refractivity contribution is -0.134. The monoisotopic (exact) mass is 368 g/mol. The van der Waals surface area contributed by atoms with Crippen LogP contribution in [0.1, 0.15) is 35.7 Å². The highest BCUT2D eigenvalue weighted by molar-refractivity contribution is 5.76. The molecule has 0 spiro atoms. The molecule has 2 aliphatic rings. The van der Waals surface area contributed by atoms with Gasteiger partial charge in [-0.15, -0.1) is 0 Å². The quantitative estimate of drug-likeness (QED) is 0.853. The molecule has 0 aliphatic carbocycles. The van der Waals surface area contributed by atoms with Gasteiger partial charge in [-0.1, -0.05) is 0 Å². The van der Waals surface area contributed by atoms with Crippen LogP contribution in [-0.4, -0.2) is 51.2 Å². The Morgan fingerprint density at radius 3 is 2.85 bits per heavy atom. The van der Waals surface area contributed by atoms with Crippen LogP contribution in [0.15, 0.2) is 30.6 Å². The summed E-state index contributed by atoms with van der Waals surface area (Å²) in [6, 6.07) is 6.54. The van der Waals surface area contributed by atoms with E-state index < -0.39 is 0 Å². The smallest absolute Gasteiger partial charge is 0.244 e. The van der Waals surface area contributed by atoms with Crippen molar-refractivity contribution in [3.05, 3.63) is 47.5 Å². The maximum Gasteiger partial charge on any atom is 0.244 e. The minimum atomic E-state index is 0.164. The molecule has 0 bridgehead atoms. The molecule has 4 rings (SSSR count). The summed E-state index contributed by atoms with van der Waals surface area (Å²) in [4.78, 5) is 19.0. The highest BCUT2D eigenvalue weighted by atomic mass is 16.2. The van der Waals surface area contributed by atoms with E-state index >= 15 is 0 Å². The minimum absolute atomic E-state index is 0.164. The summed E-state index contributed by atoms with van der Waals surface area (Å²) in [5.41, 5.74) is 10.1. The number of nitrogens with zero attached hydrogens (tertiary/aromatic N) is 4. The van der Waals surface area contributed by atoms with E-state index in [0.29, 0.717) is 24.4 Å². The van der Waals surface area contributed by atoms with Crippen molar-refractivity contribution in [2.24, 2.45) is 5.92 Å². The van der Waals surface area contributed by atoms with Crippen LogP contribution in [0, 0.1) is 19.8 Å². The number of aryl methyl sites for hydroxylation is 2. The summed E-state index contributed by atoms with van der Waals surface area (Å²) in [6.07, 6.45) is 5.91. The first-order valence-electron chi connectivity index (χ1n) is 9.79. The predicted molar refractivity (Wildman–Crippen MR) is 103 cm³/mol. The van der Waals surface area contributed by atoms with Crippen molar-refractivity contribution < 1.29 is 4.79 Å². The molecule has 2 fully saturated rings. The summed E-state index contributed by atoms with van der Waals surface area (Å²) >= 11 is 0. The fourth-order valence-electron chi connectivity index (χ4n) is 4.49. The van der Waals surface area contributed by atoms with Gasteiger partial charge in [0.05, 0.1) is 5.69 Å². The third-order valence-electron chi connectivity index (χ3n) is 5.87. The van der Waals surface area contributed by atoms with Gasteiger partial charge in [0.15, 0.2) is 0 Å². The second kappa shape index (κ2) is 7.78. The molecule has 0 aromatic carbocycles. The lowest BCUT2D eigenvalue weighted by Gasteiger charge is -2.37. The van der Waals surface area contributed by atoms with Gasteiger partial charge in [0.1, 0.15) is 6.54 Å². The van der Waals surface area contributed by atoms with Crippen molar-refractivity contribution in [1.29, 1.82) is 0 Å². The van der Waals surface area contributed by atoms with Crippen LogP contribution in [0.5, 0.6) is 0 Å². The number of likely N-dealkylation sites (tertiary alicyclic amines) is 1. The van der Waals surface area contributed by atoms with Crippen LogP contribution in [0.2, 0.25) is 0 Å². The van der Waals surface area contributed by atoms with Gasteiger partial charge in [-0.25, -0.2) is 0 Å². The van der Waals surface area contributed by atoms with E-state index in [4.69, 9.17) is 0 Å². The Hall–Kier alpha value is -2.25. The van der Waals surface area contributed by atoms with E-state index in [1.165, 1.54) is 5.56 Å². The molecule has 2 aliphatic heterocycles. The van der Waals surface area contributed by atoms with Crippen LogP contribution in [0.25, 0.3) is 0 Å². The van der Waals surface area contributed by atoms with E-state index in [0.717, 1.165) is 43.9 Å². The Balaban J connectivity index is 1.43. The predicted octanol–water partition coefficient (Wildman–Crippen LogP) is 1.39. The van der Waals surface area contributed by atoms with Crippen molar-refractivity contribution in [2.45, 2.75) is 45.2 Å². The average molecular weight is 368 g/mol. The Morgan fingerprint density at radius 2 is 2.11 bits per heavy atom. The molecule has 7 heteroatoms. The molecule has 0 radical (unpaired) electrons. The van der Waals surface area contributed by atoms with Gasteiger partial charge in [-0.05, 0) is 56.4 Å². The van der Waals surface area contributed by atoms with E-state index in [-0.39, 0.29) is 5.91 Å². The zero-order valence-corrected chi connectivity index (χ0v) is 16.1. The first kappa shape index (κ1) is 18.1. The Kier molecular flexibility index (Phi) is 5.22. The van der Waals surface area contributed by atoms with Crippen LogP contribution < -0.4 is 10.9 Å². The molecule has 2 N–H and O–H groups in total. The van der Waals surface area contributed by atoms with Gasteiger partial charge >= 0.3 is 0 Å². The number of hydrazine groups is 1. The zero-order valence-electron chi connectivity index (χ0n) is 16.1. The van der Waals surface area contributed by atoms with Crippen LogP contribution in [0.4, 0.5) is 0 Å². The number of carbonyl (C=O) groups excluding carboxylic acids is 1. The molecule has 27 heavy (non-hydrogen) atoms. The molecule has 4 heterocycles. The van der Waals surface area contributed by atoms with Crippen molar-refractivity contribution in [2.75, 3.05) is 19.6 Å². The molecule has 7 nitrogen and oxygen atoms in total. The van der Waals surface area contributed by atoms with Gasteiger partial charge in [-0.2, -0.15) is 5.10 Å². The number of hydrogen-bond donors (Lipinski definition) is 2. The van der Waals surface area contributed by atoms with Gasteiger partial charge in [0, 0.05) is 49.7 Å². The van der Waals surface area contributed by atoms with Crippen LogP contribution >= 0.6 is 0 Å². The normalized spacial score (nSPS) is 25.7. The van der Waals surface area contributed by atoms with Crippen LogP contribution in [-0.2, 0) is 11.3 Å².